The summed E-state index contributed by atoms with van der Waals surface area (Å²) in [4.78, 5) is 14.7. The van der Waals surface area contributed by atoms with E-state index in [9.17, 15) is 4.79 Å². The minimum atomic E-state index is -0.0968. The maximum atomic E-state index is 12.6. The molecule has 2 rings (SSSR count). The molecule has 1 heterocycles. The first-order valence-corrected chi connectivity index (χ1v) is 9.95. The van der Waals surface area contributed by atoms with Crippen molar-refractivity contribution in [3.63, 3.8) is 0 Å². The lowest BCUT2D eigenvalue weighted by Gasteiger charge is -2.42. The summed E-state index contributed by atoms with van der Waals surface area (Å²) in [6, 6.07) is 7.98. The molecule has 0 saturated carbocycles. The van der Waals surface area contributed by atoms with Crippen molar-refractivity contribution in [3.05, 3.63) is 34.9 Å². The summed E-state index contributed by atoms with van der Waals surface area (Å²) in [5, 5.41) is 3.86. The Hall–Kier alpha value is -1.10. The Kier molecular flexibility index (Phi) is 7.93. The Labute approximate surface area is 163 Å². The zero-order chi connectivity index (χ0) is 19.2. The number of carbonyl (C=O) groups excluding carboxylic acids is 1. The van der Waals surface area contributed by atoms with Crippen molar-refractivity contribution in [1.82, 2.24) is 10.2 Å². The first-order chi connectivity index (χ1) is 12.3. The van der Waals surface area contributed by atoms with E-state index >= 15 is 0 Å². The van der Waals surface area contributed by atoms with Crippen LogP contribution in [0.2, 0.25) is 5.02 Å². The van der Waals surface area contributed by atoms with E-state index in [0.717, 1.165) is 36.4 Å². The molecule has 1 amide bonds. The van der Waals surface area contributed by atoms with E-state index in [1.165, 1.54) is 0 Å². The molecular weight excluding hydrogens is 348 g/mol. The van der Waals surface area contributed by atoms with Crippen molar-refractivity contribution >= 4 is 17.5 Å². The van der Waals surface area contributed by atoms with E-state index in [1.54, 1.807) is 0 Å². The van der Waals surface area contributed by atoms with Gasteiger partial charge in [-0.2, -0.15) is 0 Å². The van der Waals surface area contributed by atoms with E-state index < -0.39 is 0 Å². The topological polar surface area (TPSA) is 41.6 Å². The third-order valence-corrected chi connectivity index (χ3v) is 5.65. The monoisotopic (exact) mass is 380 g/mol. The summed E-state index contributed by atoms with van der Waals surface area (Å²) >= 11 is 6.42. The zero-order valence-corrected chi connectivity index (χ0v) is 17.3. The largest absolute Gasteiger partial charge is 0.378 e. The highest BCUT2D eigenvalue weighted by atomic mass is 35.5. The molecule has 1 aromatic rings. The van der Waals surface area contributed by atoms with Crippen LogP contribution < -0.4 is 5.32 Å². The standard InChI is InChI=1S/C21H33ClN2O2/c1-16(2)19-14-21(9-12-26-19,13-17-7-5-6-8-18(17)22)15-20(25)23-10-11-24(3)4/h5-8,16,19H,9-15H2,1-4H3,(H,23,25)/t19-,21-/m1/s1. The molecule has 4 nitrogen and oxygen atoms in total. The van der Waals surface area contributed by atoms with Crippen LogP contribution in [0.3, 0.4) is 0 Å². The van der Waals surface area contributed by atoms with Crippen LogP contribution in [0.1, 0.15) is 38.7 Å². The molecule has 2 atom stereocenters. The van der Waals surface area contributed by atoms with Crippen LogP contribution in [0.5, 0.6) is 0 Å². The number of halogens is 1. The average Bonchev–Trinajstić information content (AvgIpc) is 2.56. The zero-order valence-electron chi connectivity index (χ0n) is 16.6. The predicted octanol–water partition coefficient (Wildman–Crippen LogP) is 3.77. The maximum absolute atomic E-state index is 12.6. The Bertz CT molecular complexity index is 591. The highest BCUT2D eigenvalue weighted by Gasteiger charge is 2.40. The minimum absolute atomic E-state index is 0.0968. The van der Waals surface area contributed by atoms with Crippen molar-refractivity contribution < 1.29 is 9.53 Å². The van der Waals surface area contributed by atoms with Gasteiger partial charge in [-0.1, -0.05) is 43.6 Å². The van der Waals surface area contributed by atoms with Gasteiger partial charge in [0.1, 0.15) is 0 Å². The molecule has 1 aromatic carbocycles. The number of benzene rings is 1. The fourth-order valence-electron chi connectivity index (χ4n) is 3.69. The quantitative estimate of drug-likeness (QED) is 0.746. The van der Waals surface area contributed by atoms with Crippen molar-refractivity contribution in [1.29, 1.82) is 0 Å². The third-order valence-electron chi connectivity index (χ3n) is 5.28. The average molecular weight is 381 g/mol. The van der Waals surface area contributed by atoms with Crippen LogP contribution in [-0.2, 0) is 16.0 Å². The van der Waals surface area contributed by atoms with E-state index in [1.807, 2.05) is 32.3 Å². The Balaban J connectivity index is 2.13. The lowest BCUT2D eigenvalue weighted by atomic mass is 9.69. The van der Waals surface area contributed by atoms with E-state index in [0.29, 0.717) is 25.5 Å². The summed E-state index contributed by atoms with van der Waals surface area (Å²) in [5.41, 5.74) is 1.03. The fourth-order valence-corrected chi connectivity index (χ4v) is 3.90. The molecule has 0 spiro atoms. The van der Waals surface area contributed by atoms with Gasteiger partial charge >= 0.3 is 0 Å². The molecule has 26 heavy (non-hydrogen) atoms. The summed E-state index contributed by atoms with van der Waals surface area (Å²) in [6.07, 6.45) is 3.33. The number of nitrogens with one attached hydrogen (secondary N) is 1. The highest BCUT2D eigenvalue weighted by molar-refractivity contribution is 6.31. The molecule has 1 fully saturated rings. The number of rotatable bonds is 8. The highest BCUT2D eigenvalue weighted by Crippen LogP contribution is 2.42. The number of hydrogen-bond acceptors (Lipinski definition) is 3. The van der Waals surface area contributed by atoms with Crippen molar-refractivity contribution in [2.24, 2.45) is 11.3 Å². The molecule has 0 unspecified atom stereocenters. The summed E-state index contributed by atoms with van der Waals surface area (Å²) in [6.45, 7) is 6.61. The minimum Gasteiger partial charge on any atom is -0.378 e. The number of ether oxygens (including phenoxy) is 1. The first-order valence-electron chi connectivity index (χ1n) is 9.58. The fraction of sp³-hybridized carbons (Fsp3) is 0.667. The maximum Gasteiger partial charge on any atom is 0.220 e. The second-order valence-electron chi connectivity index (χ2n) is 8.21. The lowest BCUT2D eigenvalue weighted by molar-refractivity contribution is -0.128. The van der Waals surface area contributed by atoms with Crippen LogP contribution in [-0.4, -0.2) is 50.7 Å². The van der Waals surface area contributed by atoms with Crippen molar-refractivity contribution in [2.75, 3.05) is 33.8 Å². The van der Waals surface area contributed by atoms with Gasteiger partial charge in [0.25, 0.3) is 0 Å². The van der Waals surface area contributed by atoms with Crippen LogP contribution >= 0.6 is 11.6 Å². The molecule has 0 bridgehead atoms. The smallest absolute Gasteiger partial charge is 0.220 e. The molecule has 0 aliphatic carbocycles. The summed E-state index contributed by atoms with van der Waals surface area (Å²) in [5.74, 6) is 0.570. The Morgan fingerprint density at radius 3 is 2.77 bits per heavy atom. The van der Waals surface area contributed by atoms with E-state index in [4.69, 9.17) is 16.3 Å². The molecule has 1 aliphatic rings. The molecule has 0 aromatic heterocycles. The van der Waals surface area contributed by atoms with Gasteiger partial charge in [-0.3, -0.25) is 4.79 Å². The molecule has 1 saturated heterocycles. The number of hydrogen-bond donors (Lipinski definition) is 1. The molecule has 146 valence electrons. The molecular formula is C21H33ClN2O2. The Morgan fingerprint density at radius 2 is 2.12 bits per heavy atom. The number of amides is 1. The van der Waals surface area contributed by atoms with Gasteiger partial charge in [-0.25, -0.2) is 0 Å². The predicted molar refractivity (Wildman–Crippen MR) is 108 cm³/mol. The summed E-state index contributed by atoms with van der Waals surface area (Å²) in [7, 11) is 4.02. The van der Waals surface area contributed by atoms with Gasteiger partial charge in [-0.15, -0.1) is 0 Å². The van der Waals surface area contributed by atoms with Gasteiger partial charge in [0.15, 0.2) is 0 Å². The van der Waals surface area contributed by atoms with Crippen molar-refractivity contribution in [3.8, 4) is 0 Å². The van der Waals surface area contributed by atoms with Crippen molar-refractivity contribution in [2.45, 2.75) is 45.6 Å². The Morgan fingerprint density at radius 1 is 1.38 bits per heavy atom. The van der Waals surface area contributed by atoms with Crippen LogP contribution in [0.4, 0.5) is 0 Å². The van der Waals surface area contributed by atoms with E-state index in [2.05, 4.69) is 30.1 Å². The van der Waals surface area contributed by atoms with Crippen LogP contribution in [0.15, 0.2) is 24.3 Å². The molecule has 1 aliphatic heterocycles. The van der Waals surface area contributed by atoms with Gasteiger partial charge < -0.3 is 15.0 Å². The van der Waals surface area contributed by atoms with Gasteiger partial charge in [0, 0.05) is 31.1 Å². The molecule has 0 radical (unpaired) electrons. The van der Waals surface area contributed by atoms with E-state index in [-0.39, 0.29) is 17.4 Å². The summed E-state index contributed by atoms with van der Waals surface area (Å²) < 4.78 is 5.99. The lowest BCUT2D eigenvalue weighted by Crippen LogP contribution is -2.43. The number of carbonyl (C=O) groups is 1. The number of likely N-dealkylation sites (N-methyl/N-ethyl adjacent to an activating group) is 1. The molecule has 5 heteroatoms. The normalized spacial score (nSPS) is 23.4. The second kappa shape index (κ2) is 9.72. The molecule has 1 N–H and O–H groups in total. The van der Waals surface area contributed by atoms with Crippen LogP contribution in [0, 0.1) is 11.3 Å². The number of nitrogens with zero attached hydrogens (tertiary/aromatic N) is 1. The van der Waals surface area contributed by atoms with Crippen LogP contribution in [0.25, 0.3) is 0 Å². The second-order valence-corrected chi connectivity index (χ2v) is 8.61. The SMILES string of the molecule is CC(C)[C@H]1C[C@](CC(=O)NCCN(C)C)(Cc2ccccc2Cl)CCO1. The first kappa shape index (κ1) is 21.2. The third kappa shape index (κ3) is 6.26. The van der Waals surface area contributed by atoms with Gasteiger partial charge in [0.2, 0.25) is 5.91 Å². The van der Waals surface area contributed by atoms with Gasteiger partial charge in [0.05, 0.1) is 6.10 Å². The van der Waals surface area contributed by atoms with Gasteiger partial charge in [-0.05, 0) is 56.3 Å².